The Bertz CT molecular complexity index is 209. The van der Waals surface area contributed by atoms with Crippen LogP contribution >= 0.6 is 15.9 Å². The van der Waals surface area contributed by atoms with Crippen molar-refractivity contribution in [2.75, 3.05) is 19.6 Å². The second kappa shape index (κ2) is 6.83. The van der Waals surface area contributed by atoms with E-state index < -0.39 is 0 Å². The maximum Gasteiger partial charge on any atom is 0.234 e. The molecule has 1 amide bonds. The second-order valence-electron chi connectivity index (χ2n) is 2.06. The van der Waals surface area contributed by atoms with Crippen molar-refractivity contribution in [2.24, 2.45) is 0 Å². The average molecular weight is 232 g/mol. The lowest BCUT2D eigenvalue weighted by Gasteiger charge is -2.02. The van der Waals surface area contributed by atoms with Crippen molar-refractivity contribution in [3.63, 3.8) is 0 Å². The van der Waals surface area contributed by atoms with Crippen molar-refractivity contribution < 1.29 is 4.79 Å². The Balaban J connectivity index is 3.33. The minimum atomic E-state index is -0.190. The monoisotopic (exact) mass is 231 g/mol. The topological polar surface area (TPSA) is 64.9 Å². The van der Waals surface area contributed by atoms with Crippen LogP contribution in [0.4, 0.5) is 0 Å². The minimum Gasteiger partial charge on any atom is -0.342 e. The van der Waals surface area contributed by atoms with E-state index in [4.69, 9.17) is 5.26 Å². The summed E-state index contributed by atoms with van der Waals surface area (Å²) in [7, 11) is 0. The summed E-state index contributed by atoms with van der Waals surface area (Å²) in [5, 5.41) is 13.3. The van der Waals surface area contributed by atoms with Crippen LogP contribution in [0.5, 0.6) is 0 Å². The van der Waals surface area contributed by atoms with Crippen molar-refractivity contribution in [3.8, 4) is 6.07 Å². The molecule has 0 aliphatic rings. The molecule has 0 aliphatic heterocycles. The maximum atomic E-state index is 10.8. The molecule has 0 aromatic carbocycles. The first kappa shape index (κ1) is 11.1. The highest BCUT2D eigenvalue weighted by molar-refractivity contribution is 9.11. The Morgan fingerprint density at radius 3 is 2.75 bits per heavy atom. The van der Waals surface area contributed by atoms with Crippen molar-refractivity contribution in [1.29, 1.82) is 5.26 Å². The van der Waals surface area contributed by atoms with Gasteiger partial charge in [-0.3, -0.25) is 4.79 Å². The van der Waals surface area contributed by atoms with Crippen LogP contribution in [0.15, 0.2) is 11.1 Å². The molecule has 12 heavy (non-hydrogen) atoms. The molecule has 5 heteroatoms. The van der Waals surface area contributed by atoms with E-state index in [-0.39, 0.29) is 19.0 Å². The molecule has 66 valence electrons. The van der Waals surface area contributed by atoms with Gasteiger partial charge >= 0.3 is 0 Å². The fourth-order valence-electron chi connectivity index (χ4n) is 0.512. The molecule has 0 fully saturated rings. The van der Waals surface area contributed by atoms with E-state index in [1.54, 1.807) is 0 Å². The molecule has 0 radical (unpaired) electrons. The lowest BCUT2D eigenvalue weighted by molar-refractivity contribution is -0.119. The van der Waals surface area contributed by atoms with Crippen LogP contribution < -0.4 is 10.6 Å². The molecule has 0 atom stereocenters. The van der Waals surface area contributed by atoms with Crippen LogP contribution in [-0.4, -0.2) is 25.5 Å². The van der Waals surface area contributed by atoms with Crippen LogP contribution in [0.25, 0.3) is 0 Å². The van der Waals surface area contributed by atoms with Crippen molar-refractivity contribution >= 4 is 21.8 Å². The van der Waals surface area contributed by atoms with Crippen LogP contribution in [0, 0.1) is 11.3 Å². The van der Waals surface area contributed by atoms with E-state index >= 15 is 0 Å². The number of nitriles is 1. The van der Waals surface area contributed by atoms with Gasteiger partial charge in [-0.1, -0.05) is 22.5 Å². The summed E-state index contributed by atoms with van der Waals surface area (Å²) >= 11 is 3.14. The summed E-state index contributed by atoms with van der Waals surface area (Å²) in [6, 6.07) is 1.81. The van der Waals surface area contributed by atoms with Gasteiger partial charge in [-0.05, 0) is 0 Å². The third kappa shape index (κ3) is 7.25. The average Bonchev–Trinajstić information content (AvgIpc) is 2.00. The summed E-state index contributed by atoms with van der Waals surface area (Å²) in [5.41, 5.74) is 0. The Hall–Kier alpha value is -0.860. The molecule has 0 unspecified atom stereocenters. The van der Waals surface area contributed by atoms with Gasteiger partial charge in [0.25, 0.3) is 0 Å². The van der Waals surface area contributed by atoms with Crippen molar-refractivity contribution in [1.82, 2.24) is 10.6 Å². The Morgan fingerprint density at radius 1 is 1.58 bits per heavy atom. The Labute approximate surface area is 79.8 Å². The van der Waals surface area contributed by atoms with Crippen LogP contribution in [-0.2, 0) is 4.79 Å². The zero-order valence-electron chi connectivity index (χ0n) is 6.56. The van der Waals surface area contributed by atoms with Crippen molar-refractivity contribution in [2.45, 2.75) is 0 Å². The Kier molecular flexibility index (Phi) is 6.34. The highest BCUT2D eigenvalue weighted by Gasteiger charge is 1.97. The predicted molar refractivity (Wildman–Crippen MR) is 49.6 cm³/mol. The molecule has 0 aliphatic carbocycles. The molecule has 0 saturated carbocycles. The molecule has 0 aromatic heterocycles. The van der Waals surface area contributed by atoms with Gasteiger partial charge in [0.05, 0.1) is 12.6 Å². The fraction of sp³-hybridized carbons (Fsp3) is 0.429. The van der Waals surface area contributed by atoms with E-state index in [0.29, 0.717) is 6.54 Å². The lowest BCUT2D eigenvalue weighted by atomic mass is 10.5. The van der Waals surface area contributed by atoms with E-state index in [9.17, 15) is 4.79 Å². The van der Waals surface area contributed by atoms with Gasteiger partial charge in [0.2, 0.25) is 5.91 Å². The molecule has 0 saturated heterocycles. The number of hydrogen-bond donors (Lipinski definition) is 2. The minimum absolute atomic E-state index is 0.0514. The smallest absolute Gasteiger partial charge is 0.234 e. The number of amides is 1. The van der Waals surface area contributed by atoms with Gasteiger partial charge in [0.1, 0.15) is 6.54 Å². The number of nitrogens with zero attached hydrogens (tertiary/aromatic N) is 1. The van der Waals surface area contributed by atoms with Gasteiger partial charge in [-0.15, -0.1) is 0 Å². The summed E-state index contributed by atoms with van der Waals surface area (Å²) in [6.45, 7) is 4.38. The normalized spacial score (nSPS) is 8.67. The van der Waals surface area contributed by atoms with Gasteiger partial charge < -0.3 is 10.6 Å². The molecule has 2 N–H and O–H groups in total. The van der Waals surface area contributed by atoms with Crippen LogP contribution in [0.1, 0.15) is 0 Å². The zero-order valence-corrected chi connectivity index (χ0v) is 8.15. The molecule has 0 heterocycles. The SMILES string of the molecule is C=C(Br)CNCC(=O)NCC#N. The van der Waals surface area contributed by atoms with E-state index in [0.717, 1.165) is 4.48 Å². The number of halogens is 1. The van der Waals surface area contributed by atoms with Crippen LogP contribution in [0.3, 0.4) is 0 Å². The first-order valence-electron chi connectivity index (χ1n) is 3.34. The molecule has 4 nitrogen and oxygen atoms in total. The van der Waals surface area contributed by atoms with Gasteiger partial charge in [-0.2, -0.15) is 5.26 Å². The molecular formula is C7H10BrN3O. The predicted octanol–water partition coefficient (Wildman–Crippen LogP) is 0.124. The molecule has 0 spiro atoms. The molecule has 0 bridgehead atoms. The molecule has 0 rings (SSSR count). The maximum absolute atomic E-state index is 10.8. The highest BCUT2D eigenvalue weighted by atomic mass is 79.9. The lowest BCUT2D eigenvalue weighted by Crippen LogP contribution is -2.34. The van der Waals surface area contributed by atoms with Crippen molar-refractivity contribution in [3.05, 3.63) is 11.1 Å². The first-order valence-corrected chi connectivity index (χ1v) is 4.13. The third-order valence-corrected chi connectivity index (χ3v) is 1.25. The van der Waals surface area contributed by atoms with Gasteiger partial charge in [0, 0.05) is 11.0 Å². The summed E-state index contributed by atoms with van der Waals surface area (Å²) in [5.74, 6) is -0.190. The number of hydrogen-bond acceptors (Lipinski definition) is 3. The first-order chi connectivity index (χ1) is 5.66. The van der Waals surface area contributed by atoms with E-state index in [1.165, 1.54) is 0 Å². The summed E-state index contributed by atoms with van der Waals surface area (Å²) in [6.07, 6.45) is 0. The highest BCUT2D eigenvalue weighted by Crippen LogP contribution is 1.95. The summed E-state index contributed by atoms with van der Waals surface area (Å²) in [4.78, 5) is 10.8. The summed E-state index contributed by atoms with van der Waals surface area (Å²) < 4.78 is 0.788. The van der Waals surface area contributed by atoms with Gasteiger partial charge in [0.15, 0.2) is 0 Å². The molecular weight excluding hydrogens is 222 g/mol. The van der Waals surface area contributed by atoms with Gasteiger partial charge in [-0.25, -0.2) is 0 Å². The van der Waals surface area contributed by atoms with E-state index in [2.05, 4.69) is 33.1 Å². The number of carbonyl (C=O) groups is 1. The number of rotatable bonds is 5. The quantitative estimate of drug-likeness (QED) is 0.662. The fourth-order valence-corrected chi connectivity index (χ4v) is 0.711. The standard InChI is InChI=1S/C7H10BrN3O/c1-6(8)4-10-5-7(12)11-3-2-9/h10H,1,3-5H2,(H,11,12). The Morgan fingerprint density at radius 2 is 2.25 bits per heavy atom. The second-order valence-corrected chi connectivity index (χ2v) is 3.18. The number of carbonyl (C=O) groups excluding carboxylic acids is 1. The third-order valence-electron chi connectivity index (χ3n) is 0.967. The number of nitrogens with one attached hydrogen (secondary N) is 2. The van der Waals surface area contributed by atoms with Crippen LogP contribution in [0.2, 0.25) is 0 Å². The molecule has 0 aromatic rings. The largest absolute Gasteiger partial charge is 0.342 e. The zero-order chi connectivity index (χ0) is 9.40. The van der Waals surface area contributed by atoms with E-state index in [1.807, 2.05) is 6.07 Å².